The molecule has 5 heteroatoms. The quantitative estimate of drug-likeness (QED) is 0.741. The maximum atomic E-state index is 11.7. The van der Waals surface area contributed by atoms with Crippen molar-refractivity contribution in [2.75, 3.05) is 20.6 Å². The fraction of sp³-hybridized carbons (Fsp3) is 0.692. The monoisotopic (exact) mass is 253 g/mol. The molecule has 0 aromatic heterocycles. The van der Waals surface area contributed by atoms with Crippen LogP contribution in [0.4, 0.5) is 4.79 Å². The van der Waals surface area contributed by atoms with E-state index < -0.39 is 0 Å². The van der Waals surface area contributed by atoms with Gasteiger partial charge in [0.15, 0.2) is 0 Å². The number of rotatable bonds is 4. The summed E-state index contributed by atoms with van der Waals surface area (Å²) in [5.74, 6) is -0.149. The summed E-state index contributed by atoms with van der Waals surface area (Å²) in [5, 5.41) is 5.45. The van der Waals surface area contributed by atoms with Crippen molar-refractivity contribution in [2.24, 2.45) is 0 Å². The van der Waals surface area contributed by atoms with Crippen molar-refractivity contribution < 1.29 is 9.59 Å². The van der Waals surface area contributed by atoms with Crippen LogP contribution in [0.3, 0.4) is 0 Å². The van der Waals surface area contributed by atoms with E-state index in [4.69, 9.17) is 0 Å². The largest absolute Gasteiger partial charge is 0.348 e. The second-order valence-electron chi connectivity index (χ2n) is 4.87. The van der Waals surface area contributed by atoms with Crippen LogP contribution in [0.15, 0.2) is 11.6 Å². The summed E-state index contributed by atoms with van der Waals surface area (Å²) < 4.78 is 0. The maximum Gasteiger partial charge on any atom is 0.317 e. The molecule has 0 saturated carbocycles. The molecule has 1 rings (SSSR count). The lowest BCUT2D eigenvalue weighted by atomic mass is 9.95. The van der Waals surface area contributed by atoms with Gasteiger partial charge >= 0.3 is 6.03 Å². The van der Waals surface area contributed by atoms with E-state index in [-0.39, 0.29) is 24.5 Å². The molecule has 1 aliphatic carbocycles. The number of hydrogen-bond donors (Lipinski definition) is 2. The number of carbonyl (C=O) groups excluding carboxylic acids is 2. The Morgan fingerprint density at radius 3 is 2.67 bits per heavy atom. The highest BCUT2D eigenvalue weighted by molar-refractivity contribution is 5.84. The van der Waals surface area contributed by atoms with Crippen LogP contribution in [-0.2, 0) is 4.79 Å². The fourth-order valence-electron chi connectivity index (χ4n) is 1.96. The zero-order valence-electron chi connectivity index (χ0n) is 11.5. The SMILES string of the molecule is CC(NC(=O)CNC(=O)N(C)C)C1=CCCCC1. The summed E-state index contributed by atoms with van der Waals surface area (Å²) in [6, 6.07) is -0.191. The lowest BCUT2D eigenvalue weighted by Crippen LogP contribution is -2.44. The van der Waals surface area contributed by atoms with Crippen LogP contribution in [0.1, 0.15) is 32.6 Å². The molecular weight excluding hydrogens is 230 g/mol. The highest BCUT2D eigenvalue weighted by Crippen LogP contribution is 2.19. The van der Waals surface area contributed by atoms with E-state index in [1.165, 1.54) is 23.3 Å². The van der Waals surface area contributed by atoms with Crippen molar-refractivity contribution in [3.8, 4) is 0 Å². The van der Waals surface area contributed by atoms with Crippen LogP contribution in [0.2, 0.25) is 0 Å². The second kappa shape index (κ2) is 7.03. The summed E-state index contributed by atoms with van der Waals surface area (Å²) in [4.78, 5) is 24.3. The van der Waals surface area contributed by atoms with E-state index in [1.54, 1.807) is 14.1 Å². The molecule has 102 valence electrons. The van der Waals surface area contributed by atoms with Gasteiger partial charge in [-0.2, -0.15) is 0 Å². The van der Waals surface area contributed by atoms with Crippen LogP contribution in [0.25, 0.3) is 0 Å². The Balaban J connectivity index is 2.31. The predicted molar refractivity (Wildman–Crippen MR) is 71.2 cm³/mol. The molecule has 1 atom stereocenters. The number of urea groups is 1. The van der Waals surface area contributed by atoms with Crippen molar-refractivity contribution in [2.45, 2.75) is 38.6 Å². The molecule has 0 bridgehead atoms. The van der Waals surface area contributed by atoms with Crippen LogP contribution >= 0.6 is 0 Å². The van der Waals surface area contributed by atoms with Crippen LogP contribution in [0, 0.1) is 0 Å². The molecule has 0 saturated heterocycles. The van der Waals surface area contributed by atoms with E-state index in [2.05, 4.69) is 16.7 Å². The van der Waals surface area contributed by atoms with Crippen molar-refractivity contribution in [1.82, 2.24) is 15.5 Å². The number of hydrogen-bond acceptors (Lipinski definition) is 2. The molecule has 1 unspecified atom stereocenters. The van der Waals surface area contributed by atoms with E-state index in [1.807, 2.05) is 6.92 Å². The first kappa shape index (κ1) is 14.5. The zero-order chi connectivity index (χ0) is 13.5. The van der Waals surface area contributed by atoms with Crippen molar-refractivity contribution in [3.63, 3.8) is 0 Å². The Hall–Kier alpha value is -1.52. The first-order valence-electron chi connectivity index (χ1n) is 6.44. The van der Waals surface area contributed by atoms with Gasteiger partial charge in [-0.3, -0.25) is 4.79 Å². The third-order valence-corrected chi connectivity index (χ3v) is 3.07. The zero-order valence-corrected chi connectivity index (χ0v) is 11.5. The molecule has 0 radical (unpaired) electrons. The molecule has 3 amide bonds. The average Bonchev–Trinajstić information content (AvgIpc) is 2.36. The summed E-state index contributed by atoms with van der Waals surface area (Å²) >= 11 is 0. The van der Waals surface area contributed by atoms with E-state index in [9.17, 15) is 9.59 Å². The molecule has 0 aromatic carbocycles. The minimum absolute atomic E-state index is 0.0225. The van der Waals surface area contributed by atoms with Crippen LogP contribution < -0.4 is 10.6 Å². The molecule has 0 spiro atoms. The molecule has 0 fully saturated rings. The maximum absolute atomic E-state index is 11.7. The van der Waals surface area contributed by atoms with Crippen molar-refractivity contribution >= 4 is 11.9 Å². The molecule has 1 aliphatic rings. The van der Waals surface area contributed by atoms with Crippen LogP contribution in [-0.4, -0.2) is 43.5 Å². The smallest absolute Gasteiger partial charge is 0.317 e. The van der Waals surface area contributed by atoms with Crippen molar-refractivity contribution in [1.29, 1.82) is 0 Å². The minimum Gasteiger partial charge on any atom is -0.348 e. The Labute approximate surface area is 109 Å². The Bertz CT molecular complexity index is 337. The van der Waals surface area contributed by atoms with Gasteiger partial charge in [0, 0.05) is 20.1 Å². The fourth-order valence-corrected chi connectivity index (χ4v) is 1.96. The Morgan fingerprint density at radius 2 is 2.11 bits per heavy atom. The van der Waals surface area contributed by atoms with E-state index in [0.29, 0.717) is 0 Å². The number of nitrogens with zero attached hydrogens (tertiary/aromatic N) is 1. The lowest BCUT2D eigenvalue weighted by Gasteiger charge is -2.21. The van der Waals surface area contributed by atoms with Gasteiger partial charge in [0.05, 0.1) is 6.54 Å². The van der Waals surface area contributed by atoms with Gasteiger partial charge in [-0.15, -0.1) is 0 Å². The molecule has 0 heterocycles. The molecule has 18 heavy (non-hydrogen) atoms. The van der Waals surface area contributed by atoms with Gasteiger partial charge in [0.1, 0.15) is 0 Å². The molecule has 0 aliphatic heterocycles. The van der Waals surface area contributed by atoms with Crippen molar-refractivity contribution in [3.05, 3.63) is 11.6 Å². The van der Waals surface area contributed by atoms with Gasteiger partial charge in [-0.1, -0.05) is 11.6 Å². The number of carbonyl (C=O) groups is 2. The van der Waals surface area contributed by atoms with Gasteiger partial charge in [-0.25, -0.2) is 4.79 Å². The summed E-state index contributed by atoms with van der Waals surface area (Å²) in [6.07, 6.45) is 6.82. The summed E-state index contributed by atoms with van der Waals surface area (Å²) in [7, 11) is 3.28. The average molecular weight is 253 g/mol. The lowest BCUT2D eigenvalue weighted by molar-refractivity contribution is -0.120. The van der Waals surface area contributed by atoms with Gasteiger partial charge in [0.2, 0.25) is 5.91 Å². The Morgan fingerprint density at radius 1 is 1.39 bits per heavy atom. The number of allylic oxidation sites excluding steroid dienone is 1. The molecule has 2 N–H and O–H groups in total. The Kier molecular flexibility index (Phi) is 5.68. The van der Waals surface area contributed by atoms with Gasteiger partial charge in [0.25, 0.3) is 0 Å². The molecule has 0 aromatic rings. The second-order valence-corrected chi connectivity index (χ2v) is 4.87. The number of nitrogens with one attached hydrogen (secondary N) is 2. The van der Waals surface area contributed by atoms with E-state index >= 15 is 0 Å². The normalized spacial score (nSPS) is 16.5. The van der Waals surface area contributed by atoms with Crippen LogP contribution in [0.5, 0.6) is 0 Å². The highest BCUT2D eigenvalue weighted by atomic mass is 16.2. The first-order valence-corrected chi connectivity index (χ1v) is 6.44. The third-order valence-electron chi connectivity index (χ3n) is 3.07. The standard InChI is InChI=1S/C13H23N3O2/c1-10(11-7-5-4-6-8-11)15-12(17)9-14-13(18)16(2)3/h7,10H,4-6,8-9H2,1-3H3,(H,14,18)(H,15,17). The van der Waals surface area contributed by atoms with Gasteiger partial charge < -0.3 is 15.5 Å². The number of amides is 3. The molecular formula is C13H23N3O2. The van der Waals surface area contributed by atoms with Gasteiger partial charge in [-0.05, 0) is 32.6 Å². The molecule has 5 nitrogen and oxygen atoms in total. The van der Waals surface area contributed by atoms with E-state index in [0.717, 1.165) is 12.8 Å². The summed E-state index contributed by atoms with van der Waals surface area (Å²) in [6.45, 7) is 2.01. The topological polar surface area (TPSA) is 61.4 Å². The highest BCUT2D eigenvalue weighted by Gasteiger charge is 2.14. The predicted octanol–water partition coefficient (Wildman–Crippen LogP) is 1.26. The first-order chi connectivity index (χ1) is 8.50. The summed E-state index contributed by atoms with van der Waals surface area (Å²) in [5.41, 5.74) is 1.30. The minimum atomic E-state index is -0.255. The third kappa shape index (κ3) is 4.77.